The fourth-order valence-electron chi connectivity index (χ4n) is 7.58. The van der Waals surface area contributed by atoms with Crippen LogP contribution in [0.25, 0.3) is 0 Å². The van der Waals surface area contributed by atoms with E-state index in [-0.39, 0.29) is 0 Å². The number of nitrogens with zero attached hydrogens (tertiary/aromatic N) is 2. The van der Waals surface area contributed by atoms with Crippen LogP contribution in [0.5, 0.6) is 0 Å². The molecule has 4 aliphatic carbocycles. The van der Waals surface area contributed by atoms with Gasteiger partial charge in [-0.15, -0.1) is 0 Å². The summed E-state index contributed by atoms with van der Waals surface area (Å²) in [6.07, 6.45) is 13.9. The zero-order chi connectivity index (χ0) is 15.2. The molecule has 0 aromatic heterocycles. The maximum absolute atomic E-state index is 2.82. The quantitative estimate of drug-likeness (QED) is 0.777. The first-order valence-electron chi connectivity index (χ1n) is 10.8. The summed E-state index contributed by atoms with van der Waals surface area (Å²) in [6, 6.07) is 0. The maximum atomic E-state index is 2.82. The smallest absolute Gasteiger partial charge is 0.0109 e. The van der Waals surface area contributed by atoms with Gasteiger partial charge in [0.15, 0.2) is 0 Å². The summed E-state index contributed by atoms with van der Waals surface area (Å²) in [5.41, 5.74) is 0. The normalized spacial score (nSPS) is 47.5. The lowest BCUT2D eigenvalue weighted by Crippen LogP contribution is -2.48. The van der Waals surface area contributed by atoms with Crippen molar-refractivity contribution in [2.75, 3.05) is 39.3 Å². The molecule has 4 saturated carbocycles. The molecule has 2 saturated heterocycles. The number of hydrogen-bond donors (Lipinski definition) is 0. The van der Waals surface area contributed by atoms with Crippen molar-refractivity contribution in [3.05, 3.63) is 0 Å². The predicted molar refractivity (Wildman–Crippen MR) is 95.4 cm³/mol. The molecule has 0 spiro atoms. The van der Waals surface area contributed by atoms with Crippen molar-refractivity contribution < 1.29 is 0 Å². The van der Waals surface area contributed by atoms with Gasteiger partial charge in [-0.2, -0.15) is 0 Å². The number of piperidine rings is 1. The van der Waals surface area contributed by atoms with E-state index in [2.05, 4.69) is 9.80 Å². The van der Waals surface area contributed by atoms with Crippen LogP contribution in [0.15, 0.2) is 0 Å². The van der Waals surface area contributed by atoms with Crippen LogP contribution in [-0.4, -0.2) is 49.1 Å². The molecular formula is C21H36N2. The molecular weight excluding hydrogens is 280 g/mol. The van der Waals surface area contributed by atoms with Crippen molar-refractivity contribution in [2.24, 2.45) is 35.5 Å². The van der Waals surface area contributed by atoms with Crippen LogP contribution in [0.3, 0.4) is 0 Å². The van der Waals surface area contributed by atoms with Gasteiger partial charge in [0.25, 0.3) is 0 Å². The summed E-state index contributed by atoms with van der Waals surface area (Å²) >= 11 is 0. The largest absolute Gasteiger partial charge is 0.302 e. The highest BCUT2D eigenvalue weighted by Crippen LogP contribution is 2.59. The molecule has 1 unspecified atom stereocenters. The van der Waals surface area contributed by atoms with E-state index in [0.29, 0.717) is 0 Å². The molecule has 1 atom stereocenters. The first-order valence-corrected chi connectivity index (χ1v) is 10.8. The summed E-state index contributed by atoms with van der Waals surface area (Å²) in [6.45, 7) is 8.28. The van der Waals surface area contributed by atoms with Crippen LogP contribution in [0.4, 0.5) is 0 Å². The third-order valence-corrected chi connectivity index (χ3v) is 8.33. The summed E-state index contributed by atoms with van der Waals surface area (Å²) in [5.74, 6) is 6.75. The zero-order valence-electron chi connectivity index (χ0n) is 15.0. The second-order valence-electron chi connectivity index (χ2n) is 9.76. The van der Waals surface area contributed by atoms with Crippen LogP contribution in [0, 0.1) is 35.5 Å². The van der Waals surface area contributed by atoms with E-state index in [1.807, 2.05) is 0 Å². The van der Waals surface area contributed by atoms with Crippen LogP contribution < -0.4 is 0 Å². The fraction of sp³-hybridized carbons (Fsp3) is 1.00. The molecule has 0 amide bonds. The van der Waals surface area contributed by atoms with Gasteiger partial charge in [-0.3, -0.25) is 0 Å². The third kappa shape index (κ3) is 2.99. The van der Waals surface area contributed by atoms with E-state index in [9.17, 15) is 0 Å². The van der Waals surface area contributed by atoms with Crippen molar-refractivity contribution in [1.29, 1.82) is 0 Å². The first kappa shape index (κ1) is 15.2. The van der Waals surface area contributed by atoms with Gasteiger partial charge in [0.1, 0.15) is 0 Å². The minimum atomic E-state index is 1.06. The molecule has 2 heterocycles. The van der Waals surface area contributed by atoms with Crippen molar-refractivity contribution in [2.45, 2.75) is 57.8 Å². The lowest BCUT2D eigenvalue weighted by atomic mass is 9.49. The third-order valence-electron chi connectivity index (χ3n) is 8.33. The van der Waals surface area contributed by atoms with Crippen LogP contribution in [0.1, 0.15) is 57.8 Å². The standard InChI is InChI=1S/C21H36N2/c1-2-5-22(6-3-1)8-9-23-7-4-18(15-23)21-19-11-16-10-17(13-19)14-20(21)12-16/h16-21H,1-15H2. The molecule has 130 valence electrons. The maximum Gasteiger partial charge on any atom is 0.0109 e. The van der Waals surface area contributed by atoms with E-state index >= 15 is 0 Å². The second kappa shape index (κ2) is 6.33. The average molecular weight is 317 g/mol. The van der Waals surface area contributed by atoms with Crippen LogP contribution in [0.2, 0.25) is 0 Å². The van der Waals surface area contributed by atoms with Gasteiger partial charge in [0, 0.05) is 19.6 Å². The Kier molecular flexibility index (Phi) is 4.18. The topological polar surface area (TPSA) is 6.48 Å². The van der Waals surface area contributed by atoms with E-state index in [1.54, 1.807) is 32.1 Å². The van der Waals surface area contributed by atoms with Gasteiger partial charge in [0.2, 0.25) is 0 Å². The highest BCUT2D eigenvalue weighted by molar-refractivity contribution is 5.01. The summed E-state index contributed by atoms with van der Waals surface area (Å²) in [7, 11) is 0. The highest BCUT2D eigenvalue weighted by atomic mass is 15.2. The van der Waals surface area contributed by atoms with Crippen molar-refractivity contribution in [1.82, 2.24) is 9.80 Å². The Balaban J connectivity index is 1.15. The highest BCUT2D eigenvalue weighted by Gasteiger charge is 2.51. The molecule has 6 aliphatic rings. The van der Waals surface area contributed by atoms with E-state index in [4.69, 9.17) is 0 Å². The minimum absolute atomic E-state index is 1.06. The molecule has 0 radical (unpaired) electrons. The summed E-state index contributed by atoms with van der Waals surface area (Å²) in [4.78, 5) is 5.55. The Morgan fingerprint density at radius 1 is 0.609 bits per heavy atom. The molecule has 23 heavy (non-hydrogen) atoms. The molecule has 2 aliphatic heterocycles. The van der Waals surface area contributed by atoms with Crippen LogP contribution in [-0.2, 0) is 0 Å². The monoisotopic (exact) mass is 316 g/mol. The lowest BCUT2D eigenvalue weighted by Gasteiger charge is -2.56. The summed E-state index contributed by atoms with van der Waals surface area (Å²) < 4.78 is 0. The Hall–Kier alpha value is -0.0800. The minimum Gasteiger partial charge on any atom is -0.302 e. The van der Waals surface area contributed by atoms with Gasteiger partial charge in [-0.1, -0.05) is 6.42 Å². The van der Waals surface area contributed by atoms with E-state index in [0.717, 1.165) is 35.5 Å². The SMILES string of the molecule is C1CCN(CCN2CCC(C3C4CC5CC(C4)CC3C5)C2)CC1. The average Bonchev–Trinajstić information content (AvgIpc) is 3.02. The Labute approximate surface area is 143 Å². The molecule has 4 bridgehead atoms. The number of hydrogen-bond acceptors (Lipinski definition) is 2. The van der Waals surface area contributed by atoms with E-state index < -0.39 is 0 Å². The zero-order valence-corrected chi connectivity index (χ0v) is 15.0. The number of likely N-dealkylation sites (tertiary alicyclic amines) is 2. The van der Waals surface area contributed by atoms with Crippen molar-refractivity contribution in [3.63, 3.8) is 0 Å². The predicted octanol–water partition coefficient (Wildman–Crippen LogP) is 3.87. The van der Waals surface area contributed by atoms with Gasteiger partial charge in [-0.05, 0) is 107 Å². The molecule has 6 fully saturated rings. The fourth-order valence-corrected chi connectivity index (χ4v) is 7.58. The molecule has 0 N–H and O–H groups in total. The van der Waals surface area contributed by atoms with Crippen LogP contribution >= 0.6 is 0 Å². The molecule has 0 aromatic rings. The first-order chi connectivity index (χ1) is 11.3. The summed E-state index contributed by atoms with van der Waals surface area (Å²) in [5, 5.41) is 0. The Bertz CT molecular complexity index is 386. The van der Waals surface area contributed by atoms with Gasteiger partial charge in [0.05, 0.1) is 0 Å². The molecule has 6 rings (SSSR count). The van der Waals surface area contributed by atoms with E-state index in [1.165, 1.54) is 65.0 Å². The molecule has 2 heteroatoms. The van der Waals surface area contributed by atoms with Gasteiger partial charge < -0.3 is 9.80 Å². The lowest BCUT2D eigenvalue weighted by molar-refractivity contribution is -0.0596. The van der Waals surface area contributed by atoms with Crippen molar-refractivity contribution in [3.8, 4) is 0 Å². The number of rotatable bonds is 4. The molecule has 0 aromatic carbocycles. The van der Waals surface area contributed by atoms with Crippen molar-refractivity contribution >= 4 is 0 Å². The van der Waals surface area contributed by atoms with Gasteiger partial charge >= 0.3 is 0 Å². The second-order valence-corrected chi connectivity index (χ2v) is 9.76. The molecule has 2 nitrogen and oxygen atoms in total. The Morgan fingerprint density at radius 3 is 1.96 bits per heavy atom. The van der Waals surface area contributed by atoms with Gasteiger partial charge in [-0.25, -0.2) is 0 Å². The Morgan fingerprint density at radius 2 is 1.26 bits per heavy atom.